The number of aryl methyl sites for hydroxylation is 1. The van der Waals surface area contributed by atoms with Gasteiger partial charge in [0, 0.05) is 5.39 Å². The van der Waals surface area contributed by atoms with Crippen molar-refractivity contribution in [2.75, 3.05) is 5.43 Å². The first-order valence-electron chi connectivity index (χ1n) is 4.46. The van der Waals surface area contributed by atoms with E-state index in [0.717, 1.165) is 10.9 Å². The van der Waals surface area contributed by atoms with E-state index < -0.39 is 0 Å². The second kappa shape index (κ2) is 4.26. The largest absolute Gasteiger partial charge is 0.308 e. The van der Waals surface area contributed by atoms with Crippen molar-refractivity contribution in [3.8, 4) is 0 Å². The number of hydrazine groups is 1. The van der Waals surface area contributed by atoms with Gasteiger partial charge in [-0.2, -0.15) is 0 Å². The lowest BCUT2D eigenvalue weighted by Gasteiger charge is -2.09. The molecule has 0 unspecified atom stereocenters. The predicted molar refractivity (Wildman–Crippen MR) is 69.3 cm³/mol. The number of nitrogens with one attached hydrogen (secondary N) is 1. The maximum atomic E-state index is 6.08. The van der Waals surface area contributed by atoms with E-state index in [0.29, 0.717) is 26.4 Å². The lowest BCUT2D eigenvalue weighted by Crippen LogP contribution is -2.10. The van der Waals surface area contributed by atoms with Gasteiger partial charge in [0.25, 0.3) is 0 Å². The molecule has 0 bridgehead atoms. The number of benzene rings is 1. The van der Waals surface area contributed by atoms with E-state index >= 15 is 0 Å². The highest BCUT2D eigenvalue weighted by Crippen LogP contribution is 2.36. The van der Waals surface area contributed by atoms with Crippen LogP contribution in [-0.4, -0.2) is 4.98 Å². The van der Waals surface area contributed by atoms with Crippen molar-refractivity contribution >= 4 is 51.5 Å². The summed E-state index contributed by atoms with van der Waals surface area (Å²) >= 11 is 18.1. The van der Waals surface area contributed by atoms with Crippen LogP contribution in [0.25, 0.3) is 10.9 Å². The Morgan fingerprint density at radius 2 is 1.88 bits per heavy atom. The summed E-state index contributed by atoms with van der Waals surface area (Å²) in [7, 11) is 0. The van der Waals surface area contributed by atoms with E-state index in [-0.39, 0.29) is 0 Å². The van der Waals surface area contributed by atoms with Gasteiger partial charge in [-0.3, -0.25) is 0 Å². The summed E-state index contributed by atoms with van der Waals surface area (Å²) in [6.45, 7) is 1.87. The summed E-state index contributed by atoms with van der Waals surface area (Å²) in [6, 6.07) is 3.41. The van der Waals surface area contributed by atoms with Gasteiger partial charge in [-0.15, -0.1) is 0 Å². The monoisotopic (exact) mass is 275 g/mol. The molecule has 0 aliphatic carbocycles. The zero-order valence-electron chi connectivity index (χ0n) is 8.31. The fourth-order valence-electron chi connectivity index (χ4n) is 1.48. The van der Waals surface area contributed by atoms with Crippen molar-refractivity contribution in [1.29, 1.82) is 0 Å². The molecule has 3 nitrogen and oxygen atoms in total. The third kappa shape index (κ3) is 1.80. The summed E-state index contributed by atoms with van der Waals surface area (Å²) in [5.41, 5.74) is 3.95. The molecule has 1 heterocycles. The number of pyridine rings is 1. The van der Waals surface area contributed by atoms with Crippen LogP contribution in [0.1, 0.15) is 5.56 Å². The number of hydrogen-bond donors (Lipinski definition) is 2. The van der Waals surface area contributed by atoms with Crippen LogP contribution in [0.3, 0.4) is 0 Å². The molecule has 0 radical (unpaired) electrons. The van der Waals surface area contributed by atoms with Gasteiger partial charge in [-0.25, -0.2) is 10.8 Å². The van der Waals surface area contributed by atoms with Crippen LogP contribution in [0.15, 0.2) is 12.1 Å². The van der Waals surface area contributed by atoms with Gasteiger partial charge in [0.1, 0.15) is 5.82 Å². The maximum absolute atomic E-state index is 6.08. The van der Waals surface area contributed by atoms with Crippen LogP contribution in [0.2, 0.25) is 15.1 Å². The minimum Gasteiger partial charge on any atom is -0.308 e. The summed E-state index contributed by atoms with van der Waals surface area (Å²) < 4.78 is 0. The van der Waals surface area contributed by atoms with E-state index in [1.807, 2.05) is 13.0 Å². The Bertz CT molecular complexity index is 569. The highest BCUT2D eigenvalue weighted by Gasteiger charge is 2.11. The number of aromatic nitrogens is 1. The molecule has 16 heavy (non-hydrogen) atoms. The summed E-state index contributed by atoms with van der Waals surface area (Å²) in [4.78, 5) is 4.28. The molecule has 2 rings (SSSR count). The number of nitrogens with zero attached hydrogens (tertiary/aromatic N) is 1. The number of rotatable bonds is 1. The van der Waals surface area contributed by atoms with Gasteiger partial charge in [0.15, 0.2) is 0 Å². The first kappa shape index (κ1) is 11.7. The van der Waals surface area contributed by atoms with Crippen LogP contribution in [0, 0.1) is 6.92 Å². The molecule has 0 saturated carbocycles. The van der Waals surface area contributed by atoms with Crippen LogP contribution in [0.5, 0.6) is 0 Å². The zero-order chi connectivity index (χ0) is 11.9. The third-order valence-corrected chi connectivity index (χ3v) is 3.37. The van der Waals surface area contributed by atoms with Crippen molar-refractivity contribution in [2.24, 2.45) is 5.84 Å². The van der Waals surface area contributed by atoms with Crippen molar-refractivity contribution < 1.29 is 0 Å². The summed E-state index contributed by atoms with van der Waals surface area (Å²) in [6.07, 6.45) is 0. The third-order valence-electron chi connectivity index (χ3n) is 2.28. The minimum absolute atomic E-state index is 0.411. The molecular weight excluding hydrogens is 268 g/mol. The van der Waals surface area contributed by atoms with Crippen LogP contribution in [0.4, 0.5) is 5.82 Å². The first-order valence-corrected chi connectivity index (χ1v) is 5.59. The lowest BCUT2D eigenvalue weighted by molar-refractivity contribution is 1.23. The molecule has 0 fully saturated rings. The summed E-state index contributed by atoms with van der Waals surface area (Å²) in [5, 5.41) is 2.02. The number of anilines is 1. The Hall–Kier alpha value is -0.740. The first-order chi connectivity index (χ1) is 7.54. The van der Waals surface area contributed by atoms with Gasteiger partial charge in [-0.1, -0.05) is 34.8 Å². The van der Waals surface area contributed by atoms with E-state index in [2.05, 4.69) is 10.4 Å². The molecule has 0 spiro atoms. The number of nitrogen functional groups attached to an aromatic ring is 1. The van der Waals surface area contributed by atoms with Gasteiger partial charge >= 0.3 is 0 Å². The van der Waals surface area contributed by atoms with Gasteiger partial charge in [-0.05, 0) is 24.6 Å². The minimum atomic E-state index is 0.411. The number of nitrogens with two attached hydrogens (primary N) is 1. The van der Waals surface area contributed by atoms with Gasteiger partial charge < -0.3 is 5.43 Å². The standard InChI is InChI=1S/C10H8Cl3N3/c1-4-2-5-8(13)6(11)3-7(12)9(5)15-10(4)16-14/h2-3H,14H2,1H3,(H,15,16). The van der Waals surface area contributed by atoms with Gasteiger partial charge in [0.2, 0.25) is 0 Å². The van der Waals surface area contributed by atoms with E-state index in [1.165, 1.54) is 0 Å². The Kier molecular flexibility index (Phi) is 3.13. The van der Waals surface area contributed by atoms with Crippen LogP contribution < -0.4 is 11.3 Å². The summed E-state index contributed by atoms with van der Waals surface area (Å²) in [5.74, 6) is 5.91. The molecule has 0 atom stereocenters. The molecule has 0 amide bonds. The molecule has 6 heteroatoms. The van der Waals surface area contributed by atoms with Crippen molar-refractivity contribution in [2.45, 2.75) is 6.92 Å². The Labute approximate surface area is 107 Å². The van der Waals surface area contributed by atoms with E-state index in [4.69, 9.17) is 40.6 Å². The molecule has 3 N–H and O–H groups in total. The average Bonchev–Trinajstić information content (AvgIpc) is 2.25. The normalized spacial score (nSPS) is 10.8. The Balaban J connectivity index is 2.90. The lowest BCUT2D eigenvalue weighted by atomic mass is 10.1. The van der Waals surface area contributed by atoms with Gasteiger partial charge in [0.05, 0.1) is 20.6 Å². The maximum Gasteiger partial charge on any atom is 0.143 e. The average molecular weight is 277 g/mol. The number of hydrogen-bond acceptors (Lipinski definition) is 3. The van der Waals surface area contributed by atoms with Crippen molar-refractivity contribution in [1.82, 2.24) is 4.98 Å². The molecule has 1 aromatic carbocycles. The second-order valence-corrected chi connectivity index (χ2v) is 4.54. The molecule has 0 aliphatic heterocycles. The Morgan fingerprint density at radius 3 is 2.50 bits per heavy atom. The highest BCUT2D eigenvalue weighted by molar-refractivity contribution is 6.47. The molecule has 1 aromatic heterocycles. The predicted octanol–water partition coefficient (Wildman–Crippen LogP) is 3.79. The molecule has 2 aromatic rings. The second-order valence-electron chi connectivity index (χ2n) is 3.35. The van der Waals surface area contributed by atoms with Crippen molar-refractivity contribution in [3.05, 3.63) is 32.8 Å². The fourth-order valence-corrected chi connectivity index (χ4v) is 2.20. The smallest absolute Gasteiger partial charge is 0.143 e. The number of halogens is 3. The molecule has 84 valence electrons. The van der Waals surface area contributed by atoms with Crippen LogP contribution in [-0.2, 0) is 0 Å². The highest BCUT2D eigenvalue weighted by atomic mass is 35.5. The van der Waals surface area contributed by atoms with E-state index in [1.54, 1.807) is 6.07 Å². The molecule has 0 saturated heterocycles. The Morgan fingerprint density at radius 1 is 1.19 bits per heavy atom. The molecule has 0 aliphatic rings. The SMILES string of the molecule is Cc1cc2c(Cl)c(Cl)cc(Cl)c2nc1NN. The van der Waals surface area contributed by atoms with Crippen molar-refractivity contribution in [3.63, 3.8) is 0 Å². The fraction of sp³-hybridized carbons (Fsp3) is 0.100. The quantitative estimate of drug-likeness (QED) is 0.473. The number of fused-ring (bicyclic) bond motifs is 1. The molecular formula is C10H8Cl3N3. The zero-order valence-corrected chi connectivity index (χ0v) is 10.6. The van der Waals surface area contributed by atoms with E-state index in [9.17, 15) is 0 Å². The van der Waals surface area contributed by atoms with Crippen LogP contribution >= 0.6 is 34.8 Å². The topological polar surface area (TPSA) is 50.9 Å².